The van der Waals surface area contributed by atoms with Crippen LogP contribution < -0.4 is 10.1 Å². The number of hydrogen-bond acceptors (Lipinski definition) is 4. The predicted octanol–water partition coefficient (Wildman–Crippen LogP) is 8.47. The summed E-state index contributed by atoms with van der Waals surface area (Å²) >= 11 is 6.12. The maximum Gasteiger partial charge on any atom is 0.348 e. The summed E-state index contributed by atoms with van der Waals surface area (Å²) in [6, 6.07) is 25.4. The minimum Gasteiger partial charge on any atom is -0.478 e. The van der Waals surface area contributed by atoms with E-state index < -0.39 is 11.6 Å². The van der Waals surface area contributed by atoms with Crippen LogP contribution in [0.15, 0.2) is 78.9 Å². The van der Waals surface area contributed by atoms with E-state index in [4.69, 9.17) is 16.3 Å². The van der Waals surface area contributed by atoms with Gasteiger partial charge in [-0.2, -0.15) is 0 Å². The fraction of sp³-hybridized carbons (Fsp3) is 0.250. The molecule has 0 aliphatic rings. The summed E-state index contributed by atoms with van der Waals surface area (Å²) in [5, 5.41) is 15.2. The molecule has 1 aromatic heterocycles. The number of nitrogens with zero attached hydrogens (tertiary/aromatic N) is 1. The highest BCUT2D eigenvalue weighted by Gasteiger charge is 2.39. The number of rotatable bonds is 12. The SMILES string of the molecule is CCCCC(CC)(Oc1ccccc1CNc1cccc(C=Cc2ccc3ccc(Cl)cc3n2)c1)C(=O)O. The summed E-state index contributed by atoms with van der Waals surface area (Å²) in [6.45, 7) is 4.42. The molecule has 0 radical (unpaired) electrons. The van der Waals surface area contributed by atoms with Crippen LogP contribution in [-0.2, 0) is 11.3 Å². The van der Waals surface area contributed by atoms with Crippen LogP contribution in [0.3, 0.4) is 0 Å². The van der Waals surface area contributed by atoms with Gasteiger partial charge in [-0.1, -0.05) is 80.4 Å². The van der Waals surface area contributed by atoms with Gasteiger partial charge in [-0.05, 0) is 67.3 Å². The number of nitrogens with one attached hydrogen (secondary N) is 1. The number of carbonyl (C=O) groups is 1. The first-order valence-electron chi connectivity index (χ1n) is 13.0. The molecular formula is C32H33ClN2O3. The number of para-hydroxylation sites is 1. The van der Waals surface area contributed by atoms with Crippen molar-refractivity contribution in [1.82, 2.24) is 4.98 Å². The van der Waals surface area contributed by atoms with Crippen LogP contribution in [0.1, 0.15) is 56.4 Å². The average Bonchev–Trinajstić information content (AvgIpc) is 2.93. The zero-order valence-electron chi connectivity index (χ0n) is 21.8. The summed E-state index contributed by atoms with van der Waals surface area (Å²) in [4.78, 5) is 16.9. The van der Waals surface area contributed by atoms with E-state index in [1.807, 2.05) is 91.9 Å². The third-order valence-corrected chi connectivity index (χ3v) is 6.90. The number of halogens is 1. The number of ether oxygens (including phenoxy) is 1. The van der Waals surface area contributed by atoms with Gasteiger partial charge in [0.2, 0.25) is 5.60 Å². The van der Waals surface area contributed by atoms with Crippen LogP contribution in [0.25, 0.3) is 23.1 Å². The normalized spacial score (nSPS) is 12.9. The van der Waals surface area contributed by atoms with Crippen molar-refractivity contribution in [2.75, 3.05) is 5.32 Å². The summed E-state index contributed by atoms with van der Waals surface area (Å²) in [5.74, 6) is -0.321. The number of aromatic nitrogens is 1. The first-order chi connectivity index (χ1) is 18.4. The average molecular weight is 529 g/mol. The lowest BCUT2D eigenvalue weighted by Crippen LogP contribution is -2.44. The van der Waals surface area contributed by atoms with Gasteiger partial charge in [0, 0.05) is 28.2 Å². The maximum absolute atomic E-state index is 12.2. The molecule has 196 valence electrons. The third-order valence-electron chi connectivity index (χ3n) is 6.66. The van der Waals surface area contributed by atoms with E-state index in [-0.39, 0.29) is 0 Å². The molecule has 0 bridgehead atoms. The molecule has 1 atom stereocenters. The van der Waals surface area contributed by atoms with Gasteiger partial charge in [0.15, 0.2) is 0 Å². The van der Waals surface area contributed by atoms with E-state index in [1.54, 1.807) is 0 Å². The minimum atomic E-state index is -1.22. The van der Waals surface area contributed by atoms with Crippen LogP contribution in [0.4, 0.5) is 5.69 Å². The van der Waals surface area contributed by atoms with E-state index in [9.17, 15) is 9.90 Å². The molecule has 1 unspecified atom stereocenters. The number of benzene rings is 3. The largest absolute Gasteiger partial charge is 0.478 e. The molecular weight excluding hydrogens is 496 g/mol. The van der Waals surface area contributed by atoms with Crippen LogP contribution in [0.5, 0.6) is 5.75 Å². The fourth-order valence-electron chi connectivity index (χ4n) is 4.35. The van der Waals surface area contributed by atoms with Crippen molar-refractivity contribution in [1.29, 1.82) is 0 Å². The quantitative estimate of drug-likeness (QED) is 0.193. The van der Waals surface area contributed by atoms with E-state index in [0.29, 0.717) is 30.2 Å². The highest BCUT2D eigenvalue weighted by molar-refractivity contribution is 6.31. The zero-order chi connectivity index (χ0) is 27.0. The summed E-state index contributed by atoms with van der Waals surface area (Å²) in [7, 11) is 0. The van der Waals surface area contributed by atoms with E-state index in [2.05, 4.69) is 23.3 Å². The first kappa shape index (κ1) is 27.2. The lowest BCUT2D eigenvalue weighted by molar-refractivity contribution is -0.156. The summed E-state index contributed by atoms with van der Waals surface area (Å²) in [5.41, 5.74) is 3.38. The van der Waals surface area contributed by atoms with E-state index in [1.165, 1.54) is 0 Å². The van der Waals surface area contributed by atoms with Crippen LogP contribution in [0, 0.1) is 0 Å². The molecule has 0 amide bonds. The van der Waals surface area contributed by atoms with Crippen molar-refractivity contribution >= 4 is 46.3 Å². The minimum absolute atomic E-state index is 0.400. The molecule has 38 heavy (non-hydrogen) atoms. The second-order valence-electron chi connectivity index (χ2n) is 9.35. The molecule has 0 fully saturated rings. The van der Waals surface area contributed by atoms with Gasteiger partial charge in [-0.25, -0.2) is 9.78 Å². The Morgan fingerprint density at radius 3 is 2.63 bits per heavy atom. The van der Waals surface area contributed by atoms with Crippen LogP contribution in [-0.4, -0.2) is 21.7 Å². The molecule has 4 rings (SSSR count). The van der Waals surface area contributed by atoms with Gasteiger partial charge in [0.05, 0.1) is 11.2 Å². The number of unbranched alkanes of at least 4 members (excludes halogenated alkanes) is 1. The Kier molecular flexibility index (Phi) is 9.03. The smallest absolute Gasteiger partial charge is 0.348 e. The Morgan fingerprint density at radius 2 is 1.84 bits per heavy atom. The topological polar surface area (TPSA) is 71.5 Å². The standard InChI is InChI=1S/C32H33ClN2O3/c1-3-5-19-32(4-2,31(36)37)38-30-12-7-6-10-25(30)22-34-28-11-8-9-23(20-28)13-17-27-18-15-24-14-16-26(33)21-29(24)35-27/h6-18,20-21,34H,3-5,19,22H2,1-2H3,(H,36,37). The van der Waals surface area contributed by atoms with E-state index in [0.717, 1.165) is 46.3 Å². The fourth-order valence-corrected chi connectivity index (χ4v) is 4.52. The highest BCUT2D eigenvalue weighted by atomic mass is 35.5. The predicted molar refractivity (Wildman–Crippen MR) is 157 cm³/mol. The van der Waals surface area contributed by atoms with Gasteiger partial charge in [0.1, 0.15) is 5.75 Å². The van der Waals surface area contributed by atoms with Crippen molar-refractivity contribution in [2.45, 2.75) is 51.7 Å². The Balaban J connectivity index is 1.47. The van der Waals surface area contributed by atoms with Gasteiger partial charge in [-0.3, -0.25) is 0 Å². The molecule has 4 aromatic rings. The van der Waals surface area contributed by atoms with Crippen LogP contribution in [0.2, 0.25) is 5.02 Å². The molecule has 0 saturated carbocycles. The van der Waals surface area contributed by atoms with Gasteiger partial charge in [0.25, 0.3) is 0 Å². The number of pyridine rings is 1. The molecule has 5 nitrogen and oxygen atoms in total. The molecule has 1 heterocycles. The maximum atomic E-state index is 12.2. The second-order valence-corrected chi connectivity index (χ2v) is 9.79. The summed E-state index contributed by atoms with van der Waals surface area (Å²) in [6.07, 6.45) is 6.59. The molecule has 0 spiro atoms. The monoisotopic (exact) mass is 528 g/mol. The molecule has 3 aromatic carbocycles. The Labute approximate surface area is 229 Å². The third kappa shape index (κ3) is 6.73. The molecule has 0 aliphatic carbocycles. The van der Waals surface area contributed by atoms with Crippen molar-refractivity contribution < 1.29 is 14.6 Å². The van der Waals surface area contributed by atoms with Gasteiger partial charge < -0.3 is 15.2 Å². The van der Waals surface area contributed by atoms with E-state index >= 15 is 0 Å². The van der Waals surface area contributed by atoms with Crippen molar-refractivity contribution in [3.05, 3.63) is 101 Å². The van der Waals surface area contributed by atoms with Crippen LogP contribution >= 0.6 is 11.6 Å². The number of aliphatic carboxylic acids is 1. The highest BCUT2D eigenvalue weighted by Crippen LogP contribution is 2.30. The van der Waals surface area contributed by atoms with Gasteiger partial charge >= 0.3 is 5.97 Å². The second kappa shape index (κ2) is 12.6. The Bertz CT molecular complexity index is 1440. The number of hydrogen-bond donors (Lipinski definition) is 2. The number of carboxylic acid groups (broad SMARTS) is 1. The lowest BCUT2D eigenvalue weighted by Gasteiger charge is -2.30. The van der Waals surface area contributed by atoms with Crippen molar-refractivity contribution in [3.63, 3.8) is 0 Å². The molecule has 2 N–H and O–H groups in total. The molecule has 6 heteroatoms. The number of carboxylic acids is 1. The van der Waals surface area contributed by atoms with Gasteiger partial charge in [-0.15, -0.1) is 0 Å². The number of anilines is 1. The Hall–Kier alpha value is -3.83. The molecule has 0 aliphatic heterocycles. The first-order valence-corrected chi connectivity index (χ1v) is 13.4. The summed E-state index contributed by atoms with van der Waals surface area (Å²) < 4.78 is 6.22. The van der Waals surface area contributed by atoms with Crippen molar-refractivity contribution in [2.24, 2.45) is 0 Å². The lowest BCUT2D eigenvalue weighted by atomic mass is 9.93. The van der Waals surface area contributed by atoms with Crippen molar-refractivity contribution in [3.8, 4) is 5.75 Å². The zero-order valence-corrected chi connectivity index (χ0v) is 22.5. The molecule has 0 saturated heterocycles. The number of fused-ring (bicyclic) bond motifs is 1. The Morgan fingerprint density at radius 1 is 1.03 bits per heavy atom.